The maximum atomic E-state index is 12.9. The SMILES string of the molecule is O=[C]1[Sn][c]2cccc3c2N=C1c1cccc2c(=O)n(sc12)CCCCCO3. The molecule has 3 aromatic rings. The van der Waals surface area contributed by atoms with E-state index in [0.717, 1.165) is 44.5 Å². The van der Waals surface area contributed by atoms with Gasteiger partial charge in [-0.25, -0.2) is 0 Å². The molecule has 5 nitrogen and oxygen atoms in total. The van der Waals surface area contributed by atoms with Gasteiger partial charge in [-0.05, 0) is 0 Å². The summed E-state index contributed by atoms with van der Waals surface area (Å²) >= 11 is -0.0105. The molecule has 134 valence electrons. The summed E-state index contributed by atoms with van der Waals surface area (Å²) in [5.41, 5.74) is 2.14. The van der Waals surface area contributed by atoms with Crippen molar-refractivity contribution in [3.05, 3.63) is 52.3 Å². The molecule has 0 spiro atoms. The van der Waals surface area contributed by atoms with Crippen LogP contribution in [0.4, 0.5) is 5.69 Å². The molecule has 2 radical (unpaired) electrons. The zero-order valence-corrected chi connectivity index (χ0v) is 18.2. The molecular weight excluding hydrogens is 467 g/mol. The van der Waals surface area contributed by atoms with Crippen molar-refractivity contribution < 1.29 is 9.53 Å². The summed E-state index contributed by atoms with van der Waals surface area (Å²) in [6.45, 7) is 1.33. The topological polar surface area (TPSA) is 60.7 Å². The van der Waals surface area contributed by atoms with Crippen LogP contribution < -0.4 is 13.9 Å². The number of aryl methyl sites for hydroxylation is 1. The number of para-hydroxylation sites is 1. The number of hydrogen-bond donors (Lipinski definition) is 0. The number of ether oxygens (including phenoxy) is 1. The zero-order valence-electron chi connectivity index (χ0n) is 14.5. The summed E-state index contributed by atoms with van der Waals surface area (Å²) in [4.78, 5) is 30.4. The van der Waals surface area contributed by atoms with Crippen molar-refractivity contribution >= 4 is 61.5 Å². The first kappa shape index (κ1) is 17.2. The Morgan fingerprint density at radius 1 is 1.07 bits per heavy atom. The van der Waals surface area contributed by atoms with E-state index in [1.165, 1.54) is 11.5 Å². The Kier molecular flexibility index (Phi) is 4.40. The van der Waals surface area contributed by atoms with Gasteiger partial charge in [0.1, 0.15) is 0 Å². The molecular formula is C20H16N2O3SSn. The van der Waals surface area contributed by atoms with Crippen molar-refractivity contribution in [2.75, 3.05) is 6.61 Å². The maximum absolute atomic E-state index is 12.9. The first-order chi connectivity index (χ1) is 13.2. The van der Waals surface area contributed by atoms with Gasteiger partial charge in [0, 0.05) is 0 Å². The number of rotatable bonds is 0. The number of aliphatic imine (C=N–C) groups is 1. The molecule has 0 saturated carbocycles. The van der Waals surface area contributed by atoms with Crippen molar-refractivity contribution in [2.45, 2.75) is 25.8 Å². The Hall–Kier alpha value is -1.93. The molecule has 7 heteroatoms. The van der Waals surface area contributed by atoms with Gasteiger partial charge in [0.15, 0.2) is 0 Å². The number of benzene rings is 2. The molecule has 3 heterocycles. The van der Waals surface area contributed by atoms with Crippen molar-refractivity contribution in [1.82, 2.24) is 3.96 Å². The number of nitrogens with zero attached hydrogens (tertiary/aromatic N) is 2. The van der Waals surface area contributed by atoms with Gasteiger partial charge in [-0.1, -0.05) is 0 Å². The van der Waals surface area contributed by atoms with E-state index < -0.39 is 21.1 Å². The van der Waals surface area contributed by atoms with Crippen LogP contribution in [0.25, 0.3) is 10.1 Å². The Morgan fingerprint density at radius 3 is 2.89 bits per heavy atom. The summed E-state index contributed by atoms with van der Waals surface area (Å²) in [6.07, 6.45) is 2.88. The Morgan fingerprint density at radius 2 is 1.96 bits per heavy atom. The summed E-state index contributed by atoms with van der Waals surface area (Å²) in [5, 5.41) is 0.684. The standard InChI is InChI=1S/C20H16N2O3S.Sn/c23-13-17-14-7-6-8-15-19(14)26-22(20(15)24)11-4-1-5-12-25-18-10-3-2-9-16(18)21-17;/h2-3,6-8,10H,1,4-5,11-12H2;. The van der Waals surface area contributed by atoms with Crippen LogP contribution in [0.15, 0.2) is 46.2 Å². The van der Waals surface area contributed by atoms with Crippen LogP contribution >= 0.6 is 11.5 Å². The van der Waals surface area contributed by atoms with Gasteiger partial charge in [-0.15, -0.1) is 0 Å². The molecule has 27 heavy (non-hydrogen) atoms. The van der Waals surface area contributed by atoms with Gasteiger partial charge < -0.3 is 0 Å². The normalized spacial score (nSPS) is 16.7. The van der Waals surface area contributed by atoms with Gasteiger partial charge in [0.05, 0.1) is 0 Å². The third kappa shape index (κ3) is 2.95. The number of carbonyl (C=O) groups is 1. The molecule has 0 unspecified atom stereocenters. The Labute approximate surface area is 170 Å². The minimum absolute atomic E-state index is 0.0351. The van der Waals surface area contributed by atoms with Crippen molar-refractivity contribution in [3.63, 3.8) is 0 Å². The van der Waals surface area contributed by atoms with E-state index in [1.807, 2.05) is 40.4 Å². The van der Waals surface area contributed by atoms with Crippen molar-refractivity contribution in [2.24, 2.45) is 4.99 Å². The predicted molar refractivity (Wildman–Crippen MR) is 108 cm³/mol. The van der Waals surface area contributed by atoms with Crippen LogP contribution in [-0.2, 0) is 11.3 Å². The molecule has 0 N–H and O–H groups in total. The summed E-state index contributed by atoms with van der Waals surface area (Å²) in [7, 11) is 0. The fourth-order valence-electron chi connectivity index (χ4n) is 3.52. The average molecular weight is 483 g/mol. The molecule has 1 aromatic heterocycles. The van der Waals surface area contributed by atoms with Gasteiger partial charge in [0.25, 0.3) is 0 Å². The average Bonchev–Trinajstić information content (AvgIpc) is 3.00. The second kappa shape index (κ2) is 6.91. The van der Waals surface area contributed by atoms with E-state index in [2.05, 4.69) is 0 Å². The molecule has 5 rings (SSSR count). The van der Waals surface area contributed by atoms with E-state index in [1.54, 1.807) is 0 Å². The first-order valence-corrected chi connectivity index (χ1v) is 12.6. The van der Waals surface area contributed by atoms with E-state index in [-0.39, 0.29) is 9.36 Å². The molecule has 2 aromatic carbocycles. The quantitative estimate of drug-likeness (QED) is 0.463. The number of aromatic nitrogens is 1. The summed E-state index contributed by atoms with van der Waals surface area (Å²) < 4.78 is 9.90. The number of hydrogen-bond acceptors (Lipinski definition) is 5. The van der Waals surface area contributed by atoms with Crippen molar-refractivity contribution in [3.8, 4) is 5.75 Å². The van der Waals surface area contributed by atoms with Gasteiger partial charge >= 0.3 is 170 Å². The monoisotopic (exact) mass is 484 g/mol. The molecule has 2 aliphatic rings. The van der Waals surface area contributed by atoms with Gasteiger partial charge in [-0.2, -0.15) is 0 Å². The third-order valence-corrected chi connectivity index (χ3v) is 9.31. The molecule has 0 atom stereocenters. The Bertz CT molecular complexity index is 1160. The van der Waals surface area contributed by atoms with E-state index >= 15 is 0 Å². The van der Waals surface area contributed by atoms with Gasteiger partial charge in [0.2, 0.25) is 0 Å². The number of fused-ring (bicyclic) bond motifs is 2. The van der Waals surface area contributed by atoms with E-state index in [4.69, 9.17) is 9.73 Å². The first-order valence-electron chi connectivity index (χ1n) is 9.01. The van der Waals surface area contributed by atoms with Crippen LogP contribution in [0.1, 0.15) is 24.8 Å². The van der Waals surface area contributed by atoms with Crippen LogP contribution in [-0.4, -0.2) is 41.2 Å². The van der Waals surface area contributed by atoms with Crippen LogP contribution in [0.5, 0.6) is 5.75 Å². The zero-order chi connectivity index (χ0) is 18.4. The predicted octanol–water partition coefficient (Wildman–Crippen LogP) is 2.62. The Balaban J connectivity index is 1.78. The van der Waals surface area contributed by atoms with Crippen molar-refractivity contribution in [1.29, 1.82) is 0 Å². The number of carbonyl (C=O) groups excluding carboxylic acids is 1. The van der Waals surface area contributed by atoms with E-state index in [9.17, 15) is 9.59 Å². The molecule has 2 aliphatic heterocycles. The molecule has 0 aliphatic carbocycles. The van der Waals surface area contributed by atoms with Crippen LogP contribution in [0.3, 0.4) is 0 Å². The van der Waals surface area contributed by atoms with Crippen LogP contribution in [0.2, 0.25) is 0 Å². The molecule has 0 amide bonds. The second-order valence-electron chi connectivity index (χ2n) is 6.66. The van der Waals surface area contributed by atoms with Gasteiger partial charge in [-0.3, -0.25) is 0 Å². The minimum atomic E-state index is -1.47. The van der Waals surface area contributed by atoms with E-state index in [0.29, 0.717) is 24.2 Å². The third-order valence-electron chi connectivity index (χ3n) is 4.88. The molecule has 0 saturated heterocycles. The molecule has 4 bridgehead atoms. The second-order valence-corrected chi connectivity index (χ2v) is 11.2. The summed E-state index contributed by atoms with van der Waals surface area (Å²) in [6, 6.07) is 11.5. The van der Waals surface area contributed by atoms with Crippen LogP contribution in [0, 0.1) is 0 Å². The molecule has 0 fully saturated rings. The fourth-order valence-corrected chi connectivity index (χ4v) is 7.60. The summed E-state index contributed by atoms with van der Waals surface area (Å²) in [5.74, 6) is 0.772. The fraction of sp³-hybridized carbons (Fsp3) is 0.250.